The Morgan fingerprint density at radius 1 is 1.31 bits per heavy atom. The fourth-order valence-electron chi connectivity index (χ4n) is 1.48. The molecule has 1 unspecified atom stereocenters. The zero-order chi connectivity index (χ0) is 10.3. The predicted octanol–water partition coefficient (Wildman–Crippen LogP) is 2.18. The molecule has 0 aliphatic carbocycles. The minimum absolute atomic E-state index is 0.530. The van der Waals surface area contributed by atoms with Crippen LogP contribution in [0, 0.1) is 0 Å². The van der Waals surface area contributed by atoms with Gasteiger partial charge in [0.15, 0.2) is 0 Å². The van der Waals surface area contributed by atoms with Crippen molar-refractivity contribution in [3.63, 3.8) is 0 Å². The molecule has 0 saturated carbocycles. The van der Waals surface area contributed by atoms with Gasteiger partial charge >= 0.3 is 0 Å². The van der Waals surface area contributed by atoms with Gasteiger partial charge in [0.25, 0.3) is 0 Å². The van der Waals surface area contributed by atoms with Crippen LogP contribution >= 0.6 is 0 Å². The Morgan fingerprint density at radius 3 is 2.31 bits per heavy atom. The van der Waals surface area contributed by atoms with Crippen LogP contribution in [0.1, 0.15) is 26.2 Å². The lowest BCUT2D eigenvalue weighted by atomic mass is 10.1. The summed E-state index contributed by atoms with van der Waals surface area (Å²) in [6.07, 6.45) is 5.83. The molecule has 0 rings (SSSR count). The average molecular weight is 184 g/mol. The minimum atomic E-state index is 0.530. The molecule has 0 heterocycles. The van der Waals surface area contributed by atoms with Crippen LogP contribution < -0.4 is 0 Å². The van der Waals surface area contributed by atoms with Crippen LogP contribution in [-0.4, -0.2) is 43.7 Å². The highest BCUT2D eigenvalue weighted by Crippen LogP contribution is 2.07. The molecule has 0 N–H and O–H groups in total. The average Bonchev–Trinajstić information content (AvgIpc) is 2.04. The highest BCUT2D eigenvalue weighted by atomic mass is 15.3. The van der Waals surface area contributed by atoms with Crippen molar-refractivity contribution < 1.29 is 0 Å². The summed E-state index contributed by atoms with van der Waals surface area (Å²) in [6, 6.07) is 0.530. The van der Waals surface area contributed by atoms with Crippen molar-refractivity contribution in [1.82, 2.24) is 9.80 Å². The zero-order valence-electron chi connectivity index (χ0n) is 9.58. The van der Waals surface area contributed by atoms with E-state index in [0.29, 0.717) is 6.04 Å². The van der Waals surface area contributed by atoms with Crippen LogP contribution in [0.3, 0.4) is 0 Å². The third-order valence-electron chi connectivity index (χ3n) is 2.20. The quantitative estimate of drug-likeness (QED) is 0.442. The van der Waals surface area contributed by atoms with Gasteiger partial charge in [-0.25, -0.2) is 0 Å². The largest absolute Gasteiger partial charge is 0.297 e. The molecule has 2 nitrogen and oxygen atoms in total. The van der Waals surface area contributed by atoms with Crippen molar-refractivity contribution >= 4 is 0 Å². The summed E-state index contributed by atoms with van der Waals surface area (Å²) in [5.74, 6) is 0. The number of likely N-dealkylation sites (N-methyl/N-ethyl adjacent to an activating group) is 1. The maximum atomic E-state index is 3.88. The van der Waals surface area contributed by atoms with E-state index in [1.54, 1.807) is 0 Å². The van der Waals surface area contributed by atoms with Gasteiger partial charge < -0.3 is 0 Å². The number of hydrogen-bond acceptors (Lipinski definition) is 2. The summed E-state index contributed by atoms with van der Waals surface area (Å²) in [5.41, 5.74) is 0. The lowest BCUT2D eigenvalue weighted by molar-refractivity contribution is 0.173. The molecule has 0 aromatic carbocycles. The van der Waals surface area contributed by atoms with Gasteiger partial charge in [-0.15, -0.1) is 6.58 Å². The van der Waals surface area contributed by atoms with E-state index in [-0.39, 0.29) is 0 Å². The van der Waals surface area contributed by atoms with Crippen LogP contribution in [0.15, 0.2) is 12.7 Å². The van der Waals surface area contributed by atoms with Crippen molar-refractivity contribution in [2.75, 3.05) is 27.8 Å². The van der Waals surface area contributed by atoms with E-state index in [2.05, 4.69) is 50.5 Å². The SMILES string of the molecule is C=CC(CCCC)N(C)CN(C)C. The van der Waals surface area contributed by atoms with Gasteiger partial charge in [-0.2, -0.15) is 0 Å². The van der Waals surface area contributed by atoms with Crippen LogP contribution in [0.25, 0.3) is 0 Å². The smallest absolute Gasteiger partial charge is 0.0503 e. The molecule has 78 valence electrons. The second kappa shape index (κ2) is 7.10. The molecule has 0 spiro atoms. The first-order chi connectivity index (χ1) is 6.11. The van der Waals surface area contributed by atoms with Crippen molar-refractivity contribution in [3.05, 3.63) is 12.7 Å². The van der Waals surface area contributed by atoms with Crippen LogP contribution in [0.4, 0.5) is 0 Å². The summed E-state index contributed by atoms with van der Waals surface area (Å²) in [4.78, 5) is 4.52. The van der Waals surface area contributed by atoms with Crippen LogP contribution in [-0.2, 0) is 0 Å². The minimum Gasteiger partial charge on any atom is -0.297 e. The highest BCUT2D eigenvalue weighted by molar-refractivity contribution is 4.85. The molecule has 0 aromatic heterocycles. The highest BCUT2D eigenvalue weighted by Gasteiger charge is 2.10. The van der Waals surface area contributed by atoms with E-state index < -0.39 is 0 Å². The molecule has 0 radical (unpaired) electrons. The molecule has 0 aromatic rings. The van der Waals surface area contributed by atoms with Gasteiger partial charge in [-0.1, -0.05) is 25.8 Å². The Kier molecular flexibility index (Phi) is 6.92. The van der Waals surface area contributed by atoms with Gasteiger partial charge in [0.2, 0.25) is 0 Å². The van der Waals surface area contributed by atoms with Crippen molar-refractivity contribution in [2.45, 2.75) is 32.2 Å². The summed E-state index contributed by atoms with van der Waals surface area (Å²) in [5, 5.41) is 0. The predicted molar refractivity (Wildman–Crippen MR) is 59.8 cm³/mol. The molecular weight excluding hydrogens is 160 g/mol. The van der Waals surface area contributed by atoms with Gasteiger partial charge in [0, 0.05) is 6.04 Å². The van der Waals surface area contributed by atoms with E-state index in [9.17, 15) is 0 Å². The molecule has 0 saturated heterocycles. The number of nitrogens with zero attached hydrogens (tertiary/aromatic N) is 2. The number of hydrogen-bond donors (Lipinski definition) is 0. The molecule has 1 atom stereocenters. The van der Waals surface area contributed by atoms with Crippen LogP contribution in [0.5, 0.6) is 0 Å². The first-order valence-electron chi connectivity index (χ1n) is 5.09. The summed E-state index contributed by atoms with van der Waals surface area (Å²) in [7, 11) is 6.34. The van der Waals surface area contributed by atoms with E-state index in [1.807, 2.05) is 0 Å². The van der Waals surface area contributed by atoms with Gasteiger partial charge in [0.1, 0.15) is 0 Å². The second-order valence-electron chi connectivity index (χ2n) is 3.92. The molecule has 0 aliphatic heterocycles. The Balaban J connectivity index is 3.84. The van der Waals surface area contributed by atoms with Crippen molar-refractivity contribution in [2.24, 2.45) is 0 Å². The van der Waals surface area contributed by atoms with E-state index in [4.69, 9.17) is 0 Å². The Labute approximate surface area is 83.2 Å². The Morgan fingerprint density at radius 2 is 1.92 bits per heavy atom. The molecule has 0 fully saturated rings. The number of rotatable bonds is 7. The van der Waals surface area contributed by atoms with E-state index in [1.165, 1.54) is 19.3 Å². The second-order valence-corrected chi connectivity index (χ2v) is 3.92. The molecule has 0 amide bonds. The van der Waals surface area contributed by atoms with E-state index in [0.717, 1.165) is 6.67 Å². The third kappa shape index (κ3) is 5.83. The lowest BCUT2D eigenvalue weighted by Crippen LogP contribution is -2.37. The summed E-state index contributed by atoms with van der Waals surface area (Å²) in [6.45, 7) is 7.11. The van der Waals surface area contributed by atoms with Gasteiger partial charge in [-0.3, -0.25) is 9.80 Å². The van der Waals surface area contributed by atoms with Crippen LogP contribution in [0.2, 0.25) is 0 Å². The molecule has 0 bridgehead atoms. The maximum absolute atomic E-state index is 3.88. The molecular formula is C11H24N2. The van der Waals surface area contributed by atoms with Crippen molar-refractivity contribution in [3.8, 4) is 0 Å². The standard InChI is InChI=1S/C11H24N2/c1-6-8-9-11(7-2)13(5)10-12(3)4/h7,11H,2,6,8-10H2,1,3-5H3. The van der Waals surface area contributed by atoms with Gasteiger partial charge in [0.05, 0.1) is 6.67 Å². The Hall–Kier alpha value is -0.340. The van der Waals surface area contributed by atoms with Gasteiger partial charge in [-0.05, 0) is 27.6 Å². The first kappa shape index (κ1) is 12.7. The van der Waals surface area contributed by atoms with Crippen molar-refractivity contribution in [1.29, 1.82) is 0 Å². The fraction of sp³-hybridized carbons (Fsp3) is 0.818. The summed E-state index contributed by atoms with van der Waals surface area (Å²) >= 11 is 0. The monoisotopic (exact) mass is 184 g/mol. The first-order valence-corrected chi connectivity index (χ1v) is 5.09. The zero-order valence-corrected chi connectivity index (χ0v) is 9.58. The maximum Gasteiger partial charge on any atom is 0.0503 e. The Bertz CT molecular complexity index is 132. The molecule has 13 heavy (non-hydrogen) atoms. The molecule has 0 aliphatic rings. The normalized spacial score (nSPS) is 13.7. The summed E-state index contributed by atoms with van der Waals surface area (Å²) < 4.78 is 0. The van der Waals surface area contributed by atoms with E-state index >= 15 is 0 Å². The fourth-order valence-corrected chi connectivity index (χ4v) is 1.48. The lowest BCUT2D eigenvalue weighted by Gasteiger charge is -2.28. The third-order valence-corrected chi connectivity index (χ3v) is 2.20. The molecule has 2 heteroatoms. The topological polar surface area (TPSA) is 6.48 Å². The number of unbranched alkanes of at least 4 members (excludes halogenated alkanes) is 1.